The number of hydrogen-bond donors (Lipinski definition) is 1. The Morgan fingerprint density at radius 2 is 1.93 bits per heavy atom. The zero-order chi connectivity index (χ0) is 21.0. The molecule has 3 rings (SSSR count). The summed E-state index contributed by atoms with van der Waals surface area (Å²) >= 11 is 1.68. The third-order valence-corrected chi connectivity index (χ3v) is 6.98. The van der Waals surface area contributed by atoms with Crippen LogP contribution in [-0.4, -0.2) is 29.9 Å². The molecule has 1 aliphatic heterocycles. The third-order valence-electron chi connectivity index (χ3n) is 5.40. The van der Waals surface area contributed by atoms with Gasteiger partial charge >= 0.3 is 0 Å². The molecule has 1 unspecified atom stereocenters. The molecule has 2 heterocycles. The number of thiophene rings is 1. The second-order valence-corrected chi connectivity index (χ2v) is 10.9. The van der Waals surface area contributed by atoms with Crippen LogP contribution in [0.3, 0.4) is 0 Å². The first-order chi connectivity index (χ1) is 12.9. The number of nitriles is 1. The van der Waals surface area contributed by atoms with Gasteiger partial charge in [0.1, 0.15) is 5.82 Å². The topological polar surface area (TPSA) is 73.4 Å². The molecular formula is C22H30N4OS. The normalized spacial score (nSPS) is 22.6. The minimum Gasteiger partial charge on any atom is -0.383 e. The summed E-state index contributed by atoms with van der Waals surface area (Å²) in [6.45, 7) is 10.7. The second-order valence-electron chi connectivity index (χ2n) is 9.76. The van der Waals surface area contributed by atoms with E-state index in [1.165, 1.54) is 4.88 Å². The van der Waals surface area contributed by atoms with E-state index in [0.29, 0.717) is 17.8 Å². The summed E-state index contributed by atoms with van der Waals surface area (Å²) in [6, 6.07) is 6.49. The van der Waals surface area contributed by atoms with Crippen LogP contribution >= 0.6 is 11.3 Å². The van der Waals surface area contributed by atoms with Crippen molar-refractivity contribution < 1.29 is 4.79 Å². The number of nitrogens with zero attached hydrogens (tertiary/aromatic N) is 3. The molecule has 28 heavy (non-hydrogen) atoms. The molecule has 1 aromatic rings. The van der Waals surface area contributed by atoms with Crippen molar-refractivity contribution in [3.05, 3.63) is 44.6 Å². The number of ketones is 1. The van der Waals surface area contributed by atoms with Crippen LogP contribution < -0.4 is 5.73 Å². The molecule has 0 fully saturated rings. The Balaban J connectivity index is 2.25. The summed E-state index contributed by atoms with van der Waals surface area (Å²) in [5.41, 5.74) is 8.51. The first-order valence-electron chi connectivity index (χ1n) is 9.61. The summed E-state index contributed by atoms with van der Waals surface area (Å²) in [7, 11) is 3.78. The lowest BCUT2D eigenvalue weighted by Gasteiger charge is -2.45. The number of Topliss-reactive ketones (excluding diaryl/α,β-unsaturated/α-hetero) is 1. The minimum absolute atomic E-state index is 0.0189. The average Bonchev–Trinajstić information content (AvgIpc) is 3.01. The molecule has 0 saturated carbocycles. The van der Waals surface area contributed by atoms with E-state index >= 15 is 0 Å². The minimum atomic E-state index is -0.374. The molecule has 1 aliphatic carbocycles. The van der Waals surface area contributed by atoms with E-state index in [9.17, 15) is 10.1 Å². The molecule has 150 valence electrons. The quantitative estimate of drug-likeness (QED) is 0.806. The molecule has 1 aromatic heterocycles. The molecule has 0 bridgehead atoms. The highest BCUT2D eigenvalue weighted by Gasteiger charge is 2.45. The fourth-order valence-electron chi connectivity index (χ4n) is 4.14. The zero-order valence-corrected chi connectivity index (χ0v) is 18.7. The fourth-order valence-corrected chi connectivity index (χ4v) is 5.33. The highest BCUT2D eigenvalue weighted by molar-refractivity contribution is 7.12. The summed E-state index contributed by atoms with van der Waals surface area (Å²) in [5, 5.41) is 13.7. The third kappa shape index (κ3) is 3.38. The average molecular weight is 399 g/mol. The van der Waals surface area contributed by atoms with Crippen molar-refractivity contribution in [2.75, 3.05) is 14.1 Å². The first-order valence-corrected chi connectivity index (χ1v) is 10.4. The Labute approximate surface area is 172 Å². The number of hydrogen-bond acceptors (Lipinski definition) is 6. The number of carbonyl (C=O) groups is 1. The van der Waals surface area contributed by atoms with Crippen LogP contribution in [-0.2, 0) is 10.2 Å². The van der Waals surface area contributed by atoms with E-state index < -0.39 is 0 Å². The van der Waals surface area contributed by atoms with Gasteiger partial charge in [-0.2, -0.15) is 5.26 Å². The lowest BCUT2D eigenvalue weighted by molar-refractivity contribution is -0.119. The monoisotopic (exact) mass is 398 g/mol. The van der Waals surface area contributed by atoms with Gasteiger partial charge in [-0.05, 0) is 29.4 Å². The second kappa shape index (κ2) is 6.75. The number of carbonyl (C=O) groups excluding carboxylic acids is 1. The highest BCUT2D eigenvalue weighted by Crippen LogP contribution is 2.50. The standard InChI is InChI=1S/C22H30N4OS/c1-21(2,3)17-9-8-16(28-17)18-13(12-23)20(24)26(25(6)7)14-10-22(4,5)11-15(27)19(14)18/h8-9,18H,10-11,24H2,1-7H3. The van der Waals surface area contributed by atoms with E-state index in [2.05, 4.69) is 52.8 Å². The molecular weight excluding hydrogens is 368 g/mol. The van der Waals surface area contributed by atoms with E-state index in [1.54, 1.807) is 11.3 Å². The van der Waals surface area contributed by atoms with Crippen LogP contribution in [0.5, 0.6) is 0 Å². The van der Waals surface area contributed by atoms with Gasteiger partial charge in [0.15, 0.2) is 5.78 Å². The predicted octanol–water partition coefficient (Wildman–Crippen LogP) is 4.26. The van der Waals surface area contributed by atoms with Crippen LogP contribution in [0.4, 0.5) is 0 Å². The highest BCUT2D eigenvalue weighted by atomic mass is 32.1. The Hall–Kier alpha value is -2.10. The molecule has 2 N–H and O–H groups in total. The van der Waals surface area contributed by atoms with Gasteiger partial charge in [0.05, 0.1) is 17.6 Å². The van der Waals surface area contributed by atoms with Crippen molar-refractivity contribution in [2.24, 2.45) is 11.1 Å². The lowest BCUT2D eigenvalue weighted by Crippen LogP contribution is -2.47. The largest absolute Gasteiger partial charge is 0.383 e. The molecule has 6 heteroatoms. The Bertz CT molecular complexity index is 921. The van der Waals surface area contributed by atoms with E-state index in [4.69, 9.17) is 5.73 Å². The van der Waals surface area contributed by atoms with Crippen molar-refractivity contribution >= 4 is 17.1 Å². The maximum absolute atomic E-state index is 13.3. The lowest BCUT2D eigenvalue weighted by atomic mass is 9.70. The Morgan fingerprint density at radius 3 is 2.43 bits per heavy atom. The Morgan fingerprint density at radius 1 is 1.29 bits per heavy atom. The summed E-state index contributed by atoms with van der Waals surface area (Å²) in [4.78, 5) is 15.5. The fraction of sp³-hybridized carbons (Fsp3) is 0.545. The van der Waals surface area contributed by atoms with Crippen LogP contribution in [0.2, 0.25) is 0 Å². The van der Waals surface area contributed by atoms with Gasteiger partial charge in [-0.15, -0.1) is 11.3 Å². The number of hydrazine groups is 1. The molecule has 0 saturated heterocycles. The number of allylic oxidation sites excluding steroid dienone is 3. The van der Waals surface area contributed by atoms with Gasteiger partial charge in [-0.3, -0.25) is 9.80 Å². The first kappa shape index (κ1) is 20.6. The predicted molar refractivity (Wildman–Crippen MR) is 113 cm³/mol. The van der Waals surface area contributed by atoms with E-state index in [-0.39, 0.29) is 22.5 Å². The number of rotatable bonds is 2. The van der Waals surface area contributed by atoms with Gasteiger partial charge in [-0.25, -0.2) is 5.01 Å². The van der Waals surface area contributed by atoms with Gasteiger partial charge in [0.25, 0.3) is 0 Å². The molecule has 2 aliphatic rings. The van der Waals surface area contributed by atoms with Gasteiger partial charge in [0, 0.05) is 41.5 Å². The maximum Gasteiger partial charge on any atom is 0.162 e. The van der Waals surface area contributed by atoms with Gasteiger partial charge in [0.2, 0.25) is 0 Å². The van der Waals surface area contributed by atoms with E-state index in [0.717, 1.165) is 22.6 Å². The summed E-state index contributed by atoms with van der Waals surface area (Å²) in [5.74, 6) is 0.169. The van der Waals surface area contributed by atoms with Crippen LogP contribution in [0.25, 0.3) is 0 Å². The molecule has 5 nitrogen and oxygen atoms in total. The van der Waals surface area contributed by atoms with Crippen LogP contribution in [0.15, 0.2) is 34.8 Å². The summed E-state index contributed by atoms with van der Waals surface area (Å²) < 4.78 is 0. The number of nitrogens with two attached hydrogens (primary N) is 1. The van der Waals surface area contributed by atoms with Gasteiger partial charge < -0.3 is 5.73 Å². The Kier molecular flexibility index (Phi) is 4.97. The van der Waals surface area contributed by atoms with Crippen LogP contribution in [0, 0.1) is 16.7 Å². The van der Waals surface area contributed by atoms with Crippen molar-refractivity contribution in [1.29, 1.82) is 5.26 Å². The molecule has 0 aromatic carbocycles. The SMILES string of the molecule is CN(C)N1C(N)=C(C#N)C(c2ccc(C(C)(C)C)s2)C2=C1CC(C)(C)CC2=O. The van der Waals surface area contributed by atoms with Crippen molar-refractivity contribution in [3.8, 4) is 6.07 Å². The molecule has 0 amide bonds. The maximum atomic E-state index is 13.3. The van der Waals surface area contributed by atoms with Gasteiger partial charge in [-0.1, -0.05) is 34.6 Å². The van der Waals surface area contributed by atoms with Crippen molar-refractivity contribution in [2.45, 2.75) is 58.8 Å². The molecule has 0 spiro atoms. The van der Waals surface area contributed by atoms with Crippen molar-refractivity contribution in [1.82, 2.24) is 10.0 Å². The molecule has 1 atom stereocenters. The van der Waals surface area contributed by atoms with Crippen LogP contribution in [0.1, 0.15) is 63.1 Å². The zero-order valence-electron chi connectivity index (χ0n) is 17.9. The summed E-state index contributed by atoms with van der Waals surface area (Å²) in [6.07, 6.45) is 1.24. The molecule has 0 radical (unpaired) electrons. The smallest absolute Gasteiger partial charge is 0.162 e. The van der Waals surface area contributed by atoms with E-state index in [1.807, 2.05) is 24.1 Å². The van der Waals surface area contributed by atoms with Crippen molar-refractivity contribution in [3.63, 3.8) is 0 Å².